The lowest BCUT2D eigenvalue weighted by Crippen LogP contribution is -2.51. The molecule has 1 atom stereocenters. The minimum absolute atomic E-state index is 0.399. The summed E-state index contributed by atoms with van der Waals surface area (Å²) in [6.07, 6.45) is 7.89. The van der Waals surface area contributed by atoms with E-state index in [1.165, 1.54) is 57.6 Å². The molecule has 2 fully saturated rings. The molecule has 1 N–H and O–H groups in total. The summed E-state index contributed by atoms with van der Waals surface area (Å²) < 4.78 is 2.13. The van der Waals surface area contributed by atoms with E-state index >= 15 is 0 Å². The fraction of sp³-hybridized carbons (Fsp3) is 0.824. The second-order valence-electron chi connectivity index (χ2n) is 6.91. The van der Waals surface area contributed by atoms with Crippen LogP contribution in [-0.4, -0.2) is 65.2 Å². The van der Waals surface area contributed by atoms with Crippen LogP contribution in [-0.2, 0) is 7.05 Å². The highest BCUT2D eigenvalue weighted by atomic mass is 15.3. The monoisotopic (exact) mass is 305 g/mol. The molecule has 0 bridgehead atoms. The van der Waals surface area contributed by atoms with Gasteiger partial charge in [-0.25, -0.2) is 4.98 Å². The maximum atomic E-state index is 4.77. The normalized spacial score (nSPS) is 23.2. The lowest BCUT2D eigenvalue weighted by Gasteiger charge is -2.41. The van der Waals surface area contributed by atoms with Gasteiger partial charge in [-0.2, -0.15) is 0 Å². The Labute approximate surface area is 134 Å². The van der Waals surface area contributed by atoms with Gasteiger partial charge in [0, 0.05) is 52.0 Å². The minimum atomic E-state index is 0.399. The number of hydrogen-bond donors (Lipinski definition) is 1. The van der Waals surface area contributed by atoms with Crippen molar-refractivity contribution in [3.63, 3.8) is 0 Å². The number of aromatic nitrogens is 2. The number of imidazole rings is 1. The molecule has 2 aliphatic rings. The Morgan fingerprint density at radius 3 is 2.45 bits per heavy atom. The minimum Gasteiger partial charge on any atom is -0.338 e. The summed E-state index contributed by atoms with van der Waals surface area (Å²) in [5.74, 6) is 1.10. The first-order valence-corrected chi connectivity index (χ1v) is 8.81. The first-order valence-electron chi connectivity index (χ1n) is 8.81. The molecule has 22 heavy (non-hydrogen) atoms. The van der Waals surface area contributed by atoms with E-state index in [1.54, 1.807) is 0 Å². The van der Waals surface area contributed by atoms with Crippen LogP contribution in [0, 0.1) is 6.92 Å². The largest absolute Gasteiger partial charge is 0.338 e. The summed E-state index contributed by atoms with van der Waals surface area (Å²) >= 11 is 0. The zero-order valence-corrected chi connectivity index (χ0v) is 14.4. The number of likely N-dealkylation sites (N-methyl/N-ethyl adjacent to an activating group) is 1. The molecule has 1 saturated carbocycles. The van der Waals surface area contributed by atoms with Crippen LogP contribution >= 0.6 is 0 Å². The van der Waals surface area contributed by atoms with Crippen LogP contribution in [0.5, 0.6) is 0 Å². The molecule has 5 heteroatoms. The summed E-state index contributed by atoms with van der Waals surface area (Å²) in [5, 5.41) is 3.35. The summed E-state index contributed by atoms with van der Waals surface area (Å²) in [5.41, 5.74) is 1.21. The van der Waals surface area contributed by atoms with E-state index in [9.17, 15) is 0 Å². The second-order valence-corrected chi connectivity index (χ2v) is 6.91. The van der Waals surface area contributed by atoms with Gasteiger partial charge < -0.3 is 9.88 Å². The molecule has 0 aromatic carbocycles. The number of nitrogens with zero attached hydrogens (tertiary/aromatic N) is 4. The van der Waals surface area contributed by atoms with E-state index in [2.05, 4.69) is 39.9 Å². The molecule has 1 aliphatic heterocycles. The van der Waals surface area contributed by atoms with Crippen molar-refractivity contribution in [3.8, 4) is 0 Å². The Kier molecular flexibility index (Phi) is 5.16. The maximum absolute atomic E-state index is 4.77. The lowest BCUT2D eigenvalue weighted by molar-refractivity contribution is 0.0691. The van der Waals surface area contributed by atoms with Crippen molar-refractivity contribution in [2.75, 3.05) is 39.8 Å². The highest BCUT2D eigenvalue weighted by molar-refractivity contribution is 5.09. The van der Waals surface area contributed by atoms with Crippen LogP contribution in [0.25, 0.3) is 0 Å². The van der Waals surface area contributed by atoms with Gasteiger partial charge >= 0.3 is 0 Å². The third-order valence-electron chi connectivity index (χ3n) is 5.50. The fourth-order valence-corrected chi connectivity index (χ4v) is 4.04. The molecule has 3 rings (SSSR count). The molecule has 1 unspecified atom stereocenters. The topological polar surface area (TPSA) is 36.3 Å². The van der Waals surface area contributed by atoms with Gasteiger partial charge in [0.05, 0.1) is 11.7 Å². The van der Waals surface area contributed by atoms with Gasteiger partial charge in [-0.05, 0) is 26.8 Å². The summed E-state index contributed by atoms with van der Waals surface area (Å²) in [7, 11) is 4.12. The van der Waals surface area contributed by atoms with E-state index < -0.39 is 0 Å². The molecular weight excluding hydrogens is 274 g/mol. The first kappa shape index (κ1) is 16.0. The molecule has 1 aliphatic carbocycles. The lowest BCUT2D eigenvalue weighted by atomic mass is 10.1. The molecular formula is C17H31N5. The Hall–Kier alpha value is -0.910. The van der Waals surface area contributed by atoms with Crippen molar-refractivity contribution in [1.82, 2.24) is 24.7 Å². The van der Waals surface area contributed by atoms with Crippen molar-refractivity contribution in [3.05, 3.63) is 17.7 Å². The van der Waals surface area contributed by atoms with Gasteiger partial charge in [0.15, 0.2) is 0 Å². The third-order valence-corrected chi connectivity index (χ3v) is 5.50. The van der Waals surface area contributed by atoms with Gasteiger partial charge in [-0.1, -0.05) is 12.8 Å². The Bertz CT molecular complexity index is 450. The quantitative estimate of drug-likeness (QED) is 0.895. The predicted molar refractivity (Wildman–Crippen MR) is 90.0 cm³/mol. The van der Waals surface area contributed by atoms with Crippen LogP contribution in [0.2, 0.25) is 0 Å². The SMILES string of the molecule is CNCC(c1cn(C)c(C)n1)N1CCN(C2CCCC2)CC1. The first-order chi connectivity index (χ1) is 10.7. The van der Waals surface area contributed by atoms with Crippen LogP contribution in [0.15, 0.2) is 6.20 Å². The Balaban J connectivity index is 1.63. The number of hydrogen-bond acceptors (Lipinski definition) is 4. The van der Waals surface area contributed by atoms with Gasteiger partial charge in [-0.15, -0.1) is 0 Å². The summed E-state index contributed by atoms with van der Waals surface area (Å²) in [4.78, 5) is 10.1. The molecule has 0 spiro atoms. The molecule has 2 heterocycles. The average Bonchev–Trinajstić information content (AvgIpc) is 3.16. The average molecular weight is 305 g/mol. The van der Waals surface area contributed by atoms with Crippen LogP contribution in [0.1, 0.15) is 43.2 Å². The number of nitrogens with one attached hydrogen (secondary N) is 1. The van der Waals surface area contributed by atoms with E-state index in [1.807, 2.05) is 7.05 Å². The van der Waals surface area contributed by atoms with Gasteiger partial charge in [0.1, 0.15) is 5.82 Å². The Morgan fingerprint density at radius 1 is 1.23 bits per heavy atom. The molecule has 124 valence electrons. The smallest absolute Gasteiger partial charge is 0.105 e. The molecule has 1 aromatic heterocycles. The zero-order chi connectivity index (χ0) is 15.5. The van der Waals surface area contributed by atoms with Gasteiger partial charge in [0.25, 0.3) is 0 Å². The van der Waals surface area contributed by atoms with Crippen molar-refractivity contribution >= 4 is 0 Å². The molecule has 1 aromatic rings. The standard InChI is InChI=1S/C17H31N5/c1-14-19-16(13-20(14)3)17(12-18-2)22-10-8-21(9-11-22)15-6-4-5-7-15/h13,15,17-18H,4-12H2,1-3H3. The Morgan fingerprint density at radius 2 is 1.91 bits per heavy atom. The fourth-order valence-electron chi connectivity index (χ4n) is 4.04. The number of piperazine rings is 1. The third kappa shape index (κ3) is 3.36. The molecule has 1 saturated heterocycles. The predicted octanol–water partition coefficient (Wildman–Crippen LogP) is 1.55. The van der Waals surface area contributed by atoms with E-state index in [-0.39, 0.29) is 0 Å². The van der Waals surface area contributed by atoms with E-state index in [4.69, 9.17) is 4.98 Å². The molecule has 0 radical (unpaired) electrons. The van der Waals surface area contributed by atoms with Crippen molar-refractivity contribution in [2.24, 2.45) is 7.05 Å². The number of aryl methyl sites for hydroxylation is 2. The molecule has 5 nitrogen and oxygen atoms in total. The zero-order valence-electron chi connectivity index (χ0n) is 14.4. The van der Waals surface area contributed by atoms with Crippen LogP contribution < -0.4 is 5.32 Å². The van der Waals surface area contributed by atoms with Crippen molar-refractivity contribution in [2.45, 2.75) is 44.7 Å². The highest BCUT2D eigenvalue weighted by Gasteiger charge is 2.30. The molecule has 0 amide bonds. The maximum Gasteiger partial charge on any atom is 0.105 e. The number of rotatable bonds is 5. The van der Waals surface area contributed by atoms with Crippen molar-refractivity contribution < 1.29 is 0 Å². The summed E-state index contributed by atoms with van der Waals surface area (Å²) in [6.45, 7) is 7.82. The van der Waals surface area contributed by atoms with Crippen LogP contribution in [0.3, 0.4) is 0 Å². The van der Waals surface area contributed by atoms with Gasteiger partial charge in [-0.3, -0.25) is 9.80 Å². The second kappa shape index (κ2) is 7.11. The summed E-state index contributed by atoms with van der Waals surface area (Å²) in [6, 6.07) is 1.26. The van der Waals surface area contributed by atoms with Gasteiger partial charge in [0.2, 0.25) is 0 Å². The highest BCUT2D eigenvalue weighted by Crippen LogP contribution is 2.26. The van der Waals surface area contributed by atoms with Crippen molar-refractivity contribution in [1.29, 1.82) is 0 Å². The van der Waals surface area contributed by atoms with E-state index in [0.717, 1.165) is 18.4 Å². The van der Waals surface area contributed by atoms with Crippen LogP contribution in [0.4, 0.5) is 0 Å². The van der Waals surface area contributed by atoms with E-state index in [0.29, 0.717) is 6.04 Å².